The summed E-state index contributed by atoms with van der Waals surface area (Å²) in [7, 11) is 0. The third kappa shape index (κ3) is 3.98. The van der Waals surface area contributed by atoms with Crippen molar-refractivity contribution < 1.29 is 0 Å². The lowest BCUT2D eigenvalue weighted by Crippen LogP contribution is -2.40. The first-order valence-electron chi connectivity index (χ1n) is 6.42. The molecule has 17 heavy (non-hydrogen) atoms. The van der Waals surface area contributed by atoms with Crippen molar-refractivity contribution in [3.8, 4) is 0 Å². The number of hydrogen-bond acceptors (Lipinski definition) is 2. The molecule has 1 saturated heterocycles. The van der Waals surface area contributed by atoms with Gasteiger partial charge in [-0.1, -0.05) is 29.8 Å². The molecule has 0 unspecified atom stereocenters. The van der Waals surface area contributed by atoms with Gasteiger partial charge in [0.05, 0.1) is 0 Å². The van der Waals surface area contributed by atoms with Crippen molar-refractivity contribution in [2.45, 2.75) is 32.2 Å². The summed E-state index contributed by atoms with van der Waals surface area (Å²) in [5.74, 6) is 0. The molecule has 0 spiro atoms. The Labute approximate surface area is 109 Å². The lowest BCUT2D eigenvalue weighted by atomic mass is 10.0. The second kappa shape index (κ2) is 6.39. The zero-order chi connectivity index (χ0) is 12.1. The van der Waals surface area contributed by atoms with Gasteiger partial charge in [0.25, 0.3) is 0 Å². The second-order valence-electron chi connectivity index (χ2n) is 4.96. The van der Waals surface area contributed by atoms with Crippen LogP contribution in [0.2, 0.25) is 0 Å². The molecule has 1 heterocycles. The Hall–Kier alpha value is -0.570. The van der Waals surface area contributed by atoms with Gasteiger partial charge in [-0.15, -0.1) is 0 Å². The highest BCUT2D eigenvalue weighted by Crippen LogP contribution is 2.12. The third-order valence-electron chi connectivity index (χ3n) is 3.58. The van der Waals surface area contributed by atoms with E-state index in [4.69, 9.17) is 11.8 Å². The number of nitrogens with zero attached hydrogens (tertiary/aromatic N) is 1. The lowest BCUT2D eigenvalue weighted by molar-refractivity contribution is 0.210. The minimum absolute atomic E-state index is 0.507. The summed E-state index contributed by atoms with van der Waals surface area (Å²) in [5, 5.41) is 0. The molecule has 0 radical (unpaired) electrons. The van der Waals surface area contributed by atoms with E-state index in [1.165, 1.54) is 11.1 Å². The van der Waals surface area contributed by atoms with E-state index >= 15 is 0 Å². The molecule has 2 rings (SSSR count). The number of nitrogens with one attached hydrogen (secondary N) is 1. The summed E-state index contributed by atoms with van der Waals surface area (Å²) < 4.78 is 0. The fraction of sp³-hybridized carbons (Fsp3) is 0.571. The first kappa shape index (κ1) is 12.9. The van der Waals surface area contributed by atoms with Gasteiger partial charge in [-0.05, 0) is 56.6 Å². The Morgan fingerprint density at radius 1 is 1.24 bits per heavy atom. The van der Waals surface area contributed by atoms with E-state index in [2.05, 4.69) is 40.9 Å². The summed E-state index contributed by atoms with van der Waals surface area (Å²) in [6.45, 7) is 5.62. The molecule has 1 aromatic carbocycles. The van der Waals surface area contributed by atoms with Crippen LogP contribution in [0.1, 0.15) is 24.0 Å². The van der Waals surface area contributed by atoms with Crippen molar-refractivity contribution in [2.75, 3.05) is 19.6 Å². The maximum Gasteiger partial charge on any atom is 0.0245 e. The summed E-state index contributed by atoms with van der Waals surface area (Å²) in [5.41, 5.74) is 2.77. The van der Waals surface area contributed by atoms with E-state index < -0.39 is 0 Å². The Balaban J connectivity index is 1.74. The number of hydrogen-bond donors (Lipinski definition) is 1. The minimum atomic E-state index is 0.507. The highest BCUT2D eigenvalue weighted by Gasteiger charge is 2.17. The van der Waals surface area contributed by atoms with Crippen LogP contribution in [0.15, 0.2) is 24.3 Å². The molecule has 1 aliphatic rings. The van der Waals surface area contributed by atoms with Crippen LogP contribution < -0.4 is 4.84 Å². The molecular formula is C14H21ClN2. The zero-order valence-electron chi connectivity index (χ0n) is 10.5. The molecule has 0 saturated carbocycles. The van der Waals surface area contributed by atoms with E-state index in [0.717, 1.165) is 38.9 Å². The van der Waals surface area contributed by atoms with Gasteiger partial charge in [-0.2, -0.15) is 0 Å². The van der Waals surface area contributed by atoms with Crippen LogP contribution in [0.25, 0.3) is 0 Å². The van der Waals surface area contributed by atoms with Gasteiger partial charge in [-0.25, -0.2) is 4.84 Å². The second-order valence-corrected chi connectivity index (χ2v) is 5.18. The third-order valence-corrected chi connectivity index (χ3v) is 3.89. The smallest absolute Gasteiger partial charge is 0.0245 e. The summed E-state index contributed by atoms with van der Waals surface area (Å²) >= 11 is 5.65. The molecule has 0 aromatic heterocycles. The molecule has 0 aliphatic carbocycles. The summed E-state index contributed by atoms with van der Waals surface area (Å²) in [4.78, 5) is 5.38. The fourth-order valence-corrected chi connectivity index (χ4v) is 2.53. The monoisotopic (exact) mass is 252 g/mol. The van der Waals surface area contributed by atoms with Gasteiger partial charge in [0.2, 0.25) is 0 Å². The van der Waals surface area contributed by atoms with E-state index in [0.29, 0.717) is 6.04 Å². The van der Waals surface area contributed by atoms with Crippen molar-refractivity contribution in [1.29, 1.82) is 0 Å². The molecule has 3 heteroatoms. The van der Waals surface area contributed by atoms with Crippen molar-refractivity contribution in [3.05, 3.63) is 35.4 Å². The molecular weight excluding hydrogens is 232 g/mol. The molecule has 2 nitrogen and oxygen atoms in total. The van der Waals surface area contributed by atoms with Gasteiger partial charge in [0.1, 0.15) is 0 Å². The number of aryl methyl sites for hydroxylation is 1. The summed E-state index contributed by atoms with van der Waals surface area (Å²) in [6.07, 6.45) is 3.48. The first-order valence-corrected chi connectivity index (χ1v) is 6.80. The van der Waals surface area contributed by atoms with Crippen LogP contribution in [-0.4, -0.2) is 30.6 Å². The minimum Gasteiger partial charge on any atom is -0.303 e. The van der Waals surface area contributed by atoms with Gasteiger partial charge >= 0.3 is 0 Å². The van der Waals surface area contributed by atoms with Crippen LogP contribution in [-0.2, 0) is 6.42 Å². The standard InChI is InChI=1S/C14H21ClN2/c1-12-2-4-13(5-3-12)6-9-17-10-7-14(16-15)8-11-17/h2-5,14,16H,6-11H2,1H3. The Morgan fingerprint density at radius 3 is 2.47 bits per heavy atom. The van der Waals surface area contributed by atoms with Crippen LogP contribution in [0.4, 0.5) is 0 Å². The highest BCUT2D eigenvalue weighted by atomic mass is 35.5. The number of piperidine rings is 1. The number of rotatable bonds is 4. The van der Waals surface area contributed by atoms with E-state index in [1.807, 2.05) is 0 Å². The number of halogens is 1. The van der Waals surface area contributed by atoms with Crippen LogP contribution in [0.5, 0.6) is 0 Å². The normalized spacial score (nSPS) is 18.5. The molecule has 0 amide bonds. The average molecular weight is 253 g/mol. The SMILES string of the molecule is Cc1ccc(CCN2CCC(NCl)CC2)cc1. The first-order chi connectivity index (χ1) is 8.28. The number of benzene rings is 1. The van der Waals surface area contributed by atoms with E-state index in [-0.39, 0.29) is 0 Å². The van der Waals surface area contributed by atoms with Crippen molar-refractivity contribution in [1.82, 2.24) is 9.74 Å². The molecule has 0 bridgehead atoms. The average Bonchev–Trinajstić information content (AvgIpc) is 2.39. The van der Waals surface area contributed by atoms with Gasteiger partial charge in [-0.3, -0.25) is 0 Å². The topological polar surface area (TPSA) is 15.3 Å². The fourth-order valence-electron chi connectivity index (χ4n) is 2.31. The number of likely N-dealkylation sites (tertiary alicyclic amines) is 1. The largest absolute Gasteiger partial charge is 0.303 e. The lowest BCUT2D eigenvalue weighted by Gasteiger charge is -2.31. The maximum atomic E-state index is 5.65. The molecule has 94 valence electrons. The van der Waals surface area contributed by atoms with Crippen molar-refractivity contribution >= 4 is 11.8 Å². The van der Waals surface area contributed by atoms with Crippen molar-refractivity contribution in [2.24, 2.45) is 0 Å². The molecule has 1 N–H and O–H groups in total. The predicted molar refractivity (Wildman–Crippen MR) is 73.3 cm³/mol. The predicted octanol–water partition coefficient (Wildman–Crippen LogP) is 2.75. The van der Waals surface area contributed by atoms with Gasteiger partial charge in [0, 0.05) is 12.6 Å². The van der Waals surface area contributed by atoms with Crippen LogP contribution in [0, 0.1) is 6.92 Å². The van der Waals surface area contributed by atoms with Gasteiger partial charge in [0.15, 0.2) is 0 Å². The quantitative estimate of drug-likeness (QED) is 0.829. The Morgan fingerprint density at radius 2 is 1.88 bits per heavy atom. The van der Waals surface area contributed by atoms with Crippen LogP contribution in [0.3, 0.4) is 0 Å². The molecule has 1 aromatic rings. The van der Waals surface area contributed by atoms with Gasteiger partial charge < -0.3 is 4.90 Å². The van der Waals surface area contributed by atoms with E-state index in [9.17, 15) is 0 Å². The maximum absolute atomic E-state index is 5.65. The highest BCUT2D eigenvalue weighted by molar-refractivity contribution is 6.13. The Bertz CT molecular complexity index is 329. The van der Waals surface area contributed by atoms with Crippen molar-refractivity contribution in [3.63, 3.8) is 0 Å². The molecule has 1 fully saturated rings. The van der Waals surface area contributed by atoms with Crippen LogP contribution >= 0.6 is 11.8 Å². The zero-order valence-corrected chi connectivity index (χ0v) is 11.2. The summed E-state index contributed by atoms with van der Waals surface area (Å²) in [6, 6.07) is 9.37. The Kier molecular flexibility index (Phi) is 4.84. The van der Waals surface area contributed by atoms with E-state index in [1.54, 1.807) is 0 Å². The molecule has 0 atom stereocenters. The molecule has 1 aliphatic heterocycles.